The van der Waals surface area contributed by atoms with Crippen molar-refractivity contribution >= 4 is 9.84 Å². The first-order chi connectivity index (χ1) is 5.52. The van der Waals surface area contributed by atoms with Gasteiger partial charge in [0.2, 0.25) is 0 Å². The van der Waals surface area contributed by atoms with E-state index in [1.54, 1.807) is 6.92 Å². The number of sulfone groups is 1. The summed E-state index contributed by atoms with van der Waals surface area (Å²) in [6.07, 6.45) is 0.524. The van der Waals surface area contributed by atoms with Crippen LogP contribution in [0.3, 0.4) is 0 Å². The Morgan fingerprint density at radius 1 is 1.67 bits per heavy atom. The standard InChI is InChI=1S/C7H15NO3S/c1-2-12(10,11)6-3-7(6,4-8)5-9/h6,9H,2-5,8H2,1H3/t6-,7+/m0/s1. The summed E-state index contributed by atoms with van der Waals surface area (Å²) in [6, 6.07) is 0. The third-order valence-corrected chi connectivity index (χ3v) is 5.01. The highest BCUT2D eigenvalue weighted by atomic mass is 32.2. The molecule has 1 fully saturated rings. The molecule has 0 amide bonds. The van der Waals surface area contributed by atoms with Gasteiger partial charge in [0.25, 0.3) is 0 Å². The van der Waals surface area contributed by atoms with E-state index in [1.807, 2.05) is 0 Å². The molecule has 5 heteroatoms. The van der Waals surface area contributed by atoms with E-state index in [2.05, 4.69) is 0 Å². The van der Waals surface area contributed by atoms with Crippen molar-refractivity contribution in [1.29, 1.82) is 0 Å². The largest absolute Gasteiger partial charge is 0.396 e. The molecule has 72 valence electrons. The maximum absolute atomic E-state index is 11.3. The molecule has 1 saturated carbocycles. The highest BCUT2D eigenvalue weighted by Gasteiger charge is 2.59. The molecule has 0 aromatic carbocycles. The number of hydrogen-bond acceptors (Lipinski definition) is 4. The third-order valence-electron chi connectivity index (χ3n) is 2.67. The van der Waals surface area contributed by atoms with Gasteiger partial charge in [0.05, 0.1) is 11.9 Å². The first kappa shape index (κ1) is 9.95. The Balaban J connectivity index is 2.74. The van der Waals surface area contributed by atoms with Crippen LogP contribution >= 0.6 is 0 Å². The van der Waals surface area contributed by atoms with Gasteiger partial charge in [0.15, 0.2) is 9.84 Å². The van der Waals surface area contributed by atoms with Gasteiger partial charge in [-0.25, -0.2) is 8.42 Å². The molecule has 2 atom stereocenters. The Labute approximate surface area is 72.7 Å². The molecule has 0 aliphatic heterocycles. The fourth-order valence-electron chi connectivity index (χ4n) is 1.47. The van der Waals surface area contributed by atoms with Crippen LogP contribution in [0.4, 0.5) is 0 Å². The normalized spacial score (nSPS) is 35.1. The summed E-state index contributed by atoms with van der Waals surface area (Å²) in [5.74, 6) is 0.138. The van der Waals surface area contributed by atoms with Crippen LogP contribution in [0, 0.1) is 5.41 Å². The first-order valence-electron chi connectivity index (χ1n) is 4.05. The van der Waals surface area contributed by atoms with Crippen molar-refractivity contribution in [2.24, 2.45) is 11.1 Å². The summed E-state index contributed by atoms with van der Waals surface area (Å²) >= 11 is 0. The van der Waals surface area contributed by atoms with Gasteiger partial charge in [-0.05, 0) is 6.42 Å². The molecule has 0 radical (unpaired) electrons. The summed E-state index contributed by atoms with van der Waals surface area (Å²) < 4.78 is 22.7. The van der Waals surface area contributed by atoms with Crippen LogP contribution < -0.4 is 5.73 Å². The summed E-state index contributed by atoms with van der Waals surface area (Å²) in [5, 5.41) is 8.54. The minimum Gasteiger partial charge on any atom is -0.396 e. The van der Waals surface area contributed by atoms with Crippen LogP contribution in [0.2, 0.25) is 0 Å². The number of nitrogens with two attached hydrogens (primary N) is 1. The zero-order valence-electron chi connectivity index (χ0n) is 7.16. The lowest BCUT2D eigenvalue weighted by atomic mass is 10.1. The van der Waals surface area contributed by atoms with Crippen molar-refractivity contribution in [2.75, 3.05) is 18.9 Å². The highest BCUT2D eigenvalue weighted by Crippen LogP contribution is 2.49. The Hall–Kier alpha value is -0.130. The van der Waals surface area contributed by atoms with Gasteiger partial charge in [-0.1, -0.05) is 6.92 Å². The SMILES string of the molecule is CCS(=O)(=O)[C@H]1C[C@@]1(CN)CO. The summed E-state index contributed by atoms with van der Waals surface area (Å²) in [4.78, 5) is 0. The molecule has 0 aromatic heterocycles. The monoisotopic (exact) mass is 193 g/mol. The van der Waals surface area contributed by atoms with E-state index >= 15 is 0 Å². The van der Waals surface area contributed by atoms with E-state index in [4.69, 9.17) is 10.8 Å². The topological polar surface area (TPSA) is 80.4 Å². The molecule has 1 rings (SSSR count). The number of rotatable bonds is 4. The molecular formula is C7H15NO3S. The van der Waals surface area contributed by atoms with Gasteiger partial charge in [-0.2, -0.15) is 0 Å². The Morgan fingerprint density at radius 3 is 2.50 bits per heavy atom. The van der Waals surface area contributed by atoms with Crippen molar-refractivity contribution in [3.8, 4) is 0 Å². The van der Waals surface area contributed by atoms with E-state index in [9.17, 15) is 8.42 Å². The quantitative estimate of drug-likeness (QED) is 0.608. The Bertz CT molecular complexity index is 256. The van der Waals surface area contributed by atoms with Crippen molar-refractivity contribution in [3.63, 3.8) is 0 Å². The third kappa shape index (κ3) is 1.36. The van der Waals surface area contributed by atoms with E-state index < -0.39 is 20.5 Å². The van der Waals surface area contributed by atoms with E-state index in [0.717, 1.165) is 0 Å². The summed E-state index contributed by atoms with van der Waals surface area (Å²) in [6.45, 7) is 1.76. The predicted octanol–water partition coefficient (Wildman–Crippen LogP) is -0.869. The first-order valence-corrected chi connectivity index (χ1v) is 5.76. The molecule has 4 nitrogen and oxygen atoms in total. The molecule has 0 unspecified atom stereocenters. The Kier molecular flexibility index (Phi) is 2.47. The minimum absolute atomic E-state index is 0.118. The van der Waals surface area contributed by atoms with Crippen molar-refractivity contribution in [3.05, 3.63) is 0 Å². The molecule has 3 N–H and O–H groups in total. The number of aliphatic hydroxyl groups is 1. The van der Waals surface area contributed by atoms with Gasteiger partial charge in [-0.15, -0.1) is 0 Å². The second kappa shape index (κ2) is 2.97. The van der Waals surface area contributed by atoms with Gasteiger partial charge in [0, 0.05) is 17.7 Å². The summed E-state index contributed by atoms with van der Waals surface area (Å²) in [7, 11) is -3.00. The molecular weight excluding hydrogens is 178 g/mol. The van der Waals surface area contributed by atoms with Gasteiger partial charge < -0.3 is 10.8 Å². The predicted molar refractivity (Wildman–Crippen MR) is 46.4 cm³/mol. The lowest BCUT2D eigenvalue weighted by Crippen LogP contribution is -2.27. The molecule has 0 spiro atoms. The van der Waals surface area contributed by atoms with Crippen LogP contribution in [0.25, 0.3) is 0 Å². The Morgan fingerprint density at radius 2 is 2.25 bits per heavy atom. The molecule has 12 heavy (non-hydrogen) atoms. The zero-order chi connectivity index (χ0) is 9.41. The maximum atomic E-state index is 11.3. The lowest BCUT2D eigenvalue weighted by Gasteiger charge is -2.09. The van der Waals surface area contributed by atoms with Crippen molar-refractivity contribution in [1.82, 2.24) is 0 Å². The molecule has 0 aromatic rings. The van der Waals surface area contributed by atoms with E-state index in [1.165, 1.54) is 0 Å². The molecule has 0 bridgehead atoms. The van der Waals surface area contributed by atoms with Crippen molar-refractivity contribution < 1.29 is 13.5 Å². The second-order valence-corrected chi connectivity index (χ2v) is 5.84. The average molecular weight is 193 g/mol. The number of aliphatic hydroxyl groups excluding tert-OH is 1. The minimum atomic E-state index is -3.00. The van der Waals surface area contributed by atoms with E-state index in [0.29, 0.717) is 6.42 Å². The average Bonchev–Trinajstić information content (AvgIpc) is 2.80. The van der Waals surface area contributed by atoms with Gasteiger partial charge >= 0.3 is 0 Å². The molecule has 0 saturated heterocycles. The molecule has 1 aliphatic carbocycles. The van der Waals surface area contributed by atoms with Crippen LogP contribution in [-0.2, 0) is 9.84 Å². The van der Waals surface area contributed by atoms with Crippen LogP contribution in [0.1, 0.15) is 13.3 Å². The maximum Gasteiger partial charge on any atom is 0.153 e. The fourth-order valence-corrected chi connectivity index (χ4v) is 3.39. The summed E-state index contributed by atoms with van der Waals surface area (Å²) in [5.41, 5.74) is 4.88. The second-order valence-electron chi connectivity index (χ2n) is 3.37. The van der Waals surface area contributed by atoms with Crippen LogP contribution in [0.5, 0.6) is 0 Å². The van der Waals surface area contributed by atoms with Crippen molar-refractivity contribution in [2.45, 2.75) is 18.6 Å². The molecule has 1 aliphatic rings. The smallest absolute Gasteiger partial charge is 0.153 e. The van der Waals surface area contributed by atoms with Crippen LogP contribution in [-0.4, -0.2) is 37.7 Å². The van der Waals surface area contributed by atoms with Gasteiger partial charge in [-0.3, -0.25) is 0 Å². The van der Waals surface area contributed by atoms with Crippen LogP contribution in [0.15, 0.2) is 0 Å². The zero-order valence-corrected chi connectivity index (χ0v) is 7.97. The highest BCUT2D eigenvalue weighted by molar-refractivity contribution is 7.92. The number of hydrogen-bond donors (Lipinski definition) is 2. The lowest BCUT2D eigenvalue weighted by molar-refractivity contribution is 0.217. The van der Waals surface area contributed by atoms with E-state index in [-0.39, 0.29) is 18.9 Å². The molecule has 0 heterocycles. The fraction of sp³-hybridized carbons (Fsp3) is 1.00. The van der Waals surface area contributed by atoms with Gasteiger partial charge in [0.1, 0.15) is 0 Å².